The van der Waals surface area contributed by atoms with Gasteiger partial charge in [-0.1, -0.05) is 25.8 Å². The van der Waals surface area contributed by atoms with Crippen molar-refractivity contribution in [3.63, 3.8) is 0 Å². The predicted octanol–water partition coefficient (Wildman–Crippen LogP) is 3.48. The Morgan fingerprint density at radius 1 is 1.47 bits per heavy atom. The van der Waals surface area contributed by atoms with Crippen LogP contribution in [0.2, 0.25) is 0 Å². The van der Waals surface area contributed by atoms with E-state index in [2.05, 4.69) is 29.9 Å². The summed E-state index contributed by atoms with van der Waals surface area (Å²) >= 11 is 1.86. The molecule has 1 aromatic heterocycles. The molecule has 0 bridgehead atoms. The van der Waals surface area contributed by atoms with E-state index in [1.54, 1.807) is 0 Å². The first-order valence-corrected chi connectivity index (χ1v) is 7.67. The molecule has 1 fully saturated rings. The lowest BCUT2D eigenvalue weighted by atomic mass is 9.74. The molecule has 1 atom stereocenters. The summed E-state index contributed by atoms with van der Waals surface area (Å²) < 4.78 is 0. The maximum atomic E-state index is 5.81. The lowest BCUT2D eigenvalue weighted by Gasteiger charge is -2.36. The fourth-order valence-corrected chi connectivity index (χ4v) is 4.06. The molecule has 2 nitrogen and oxygen atoms in total. The second-order valence-corrected chi connectivity index (χ2v) is 6.29. The average Bonchev–Trinajstić information content (AvgIpc) is 3.00. The topological polar surface area (TPSA) is 38.0 Å². The van der Waals surface area contributed by atoms with E-state index in [0.29, 0.717) is 11.5 Å². The highest BCUT2D eigenvalue weighted by Crippen LogP contribution is 2.44. The summed E-state index contributed by atoms with van der Waals surface area (Å²) in [6.45, 7) is 2.32. The third-order valence-electron chi connectivity index (χ3n) is 4.50. The van der Waals surface area contributed by atoms with Crippen LogP contribution in [0.5, 0.6) is 0 Å². The van der Waals surface area contributed by atoms with Crippen molar-refractivity contribution in [2.24, 2.45) is 11.3 Å². The number of thiophene rings is 1. The van der Waals surface area contributed by atoms with Crippen LogP contribution in [0.1, 0.15) is 50.3 Å². The van der Waals surface area contributed by atoms with Crippen molar-refractivity contribution >= 4 is 11.3 Å². The van der Waals surface area contributed by atoms with Crippen LogP contribution >= 0.6 is 11.3 Å². The van der Waals surface area contributed by atoms with Gasteiger partial charge in [0.2, 0.25) is 0 Å². The summed E-state index contributed by atoms with van der Waals surface area (Å²) in [7, 11) is 0. The minimum Gasteiger partial charge on any atom is -0.271 e. The van der Waals surface area contributed by atoms with E-state index in [1.807, 2.05) is 11.3 Å². The molecule has 1 aliphatic carbocycles. The zero-order valence-corrected chi connectivity index (χ0v) is 11.6. The van der Waals surface area contributed by atoms with Crippen molar-refractivity contribution < 1.29 is 0 Å². The Labute approximate surface area is 109 Å². The fourth-order valence-electron chi connectivity index (χ4n) is 3.34. The Morgan fingerprint density at radius 2 is 2.24 bits per heavy atom. The zero-order chi connectivity index (χ0) is 12.1. The van der Waals surface area contributed by atoms with E-state index < -0.39 is 0 Å². The summed E-state index contributed by atoms with van der Waals surface area (Å²) in [6, 6.07) is 4.85. The van der Waals surface area contributed by atoms with Crippen molar-refractivity contribution in [2.45, 2.75) is 57.9 Å². The van der Waals surface area contributed by atoms with Gasteiger partial charge in [0, 0.05) is 10.9 Å². The lowest BCUT2D eigenvalue weighted by molar-refractivity contribution is 0.178. The first-order valence-electron chi connectivity index (χ1n) is 6.79. The monoisotopic (exact) mass is 252 g/mol. The summed E-state index contributed by atoms with van der Waals surface area (Å²) in [5.74, 6) is 5.81. The molecule has 0 amide bonds. The summed E-state index contributed by atoms with van der Waals surface area (Å²) in [5, 5.41) is 2.16. The Hall–Kier alpha value is -0.380. The van der Waals surface area contributed by atoms with E-state index in [4.69, 9.17) is 5.84 Å². The Balaban J connectivity index is 1.95. The molecular weight excluding hydrogens is 228 g/mol. The van der Waals surface area contributed by atoms with Gasteiger partial charge in [0.1, 0.15) is 0 Å². The van der Waals surface area contributed by atoms with E-state index >= 15 is 0 Å². The predicted molar refractivity (Wildman–Crippen MR) is 74.9 cm³/mol. The van der Waals surface area contributed by atoms with Crippen LogP contribution in [-0.4, -0.2) is 6.04 Å². The maximum absolute atomic E-state index is 5.81. The van der Waals surface area contributed by atoms with Gasteiger partial charge >= 0.3 is 0 Å². The second-order valence-electron chi connectivity index (χ2n) is 5.26. The molecule has 1 aliphatic rings. The molecule has 17 heavy (non-hydrogen) atoms. The highest BCUT2D eigenvalue weighted by atomic mass is 32.1. The molecule has 0 radical (unpaired) electrons. The summed E-state index contributed by atoms with van der Waals surface area (Å²) in [6.07, 6.45) is 9.05. The maximum Gasteiger partial charge on any atom is 0.0270 e. The molecule has 1 aromatic rings. The Kier molecular flexibility index (Phi) is 4.60. The van der Waals surface area contributed by atoms with Gasteiger partial charge < -0.3 is 0 Å². The summed E-state index contributed by atoms with van der Waals surface area (Å²) in [4.78, 5) is 1.48. The van der Waals surface area contributed by atoms with Crippen molar-refractivity contribution in [3.05, 3.63) is 22.4 Å². The second kappa shape index (κ2) is 5.98. The molecular formula is C14H24N2S. The summed E-state index contributed by atoms with van der Waals surface area (Å²) in [5.41, 5.74) is 3.57. The normalized spacial score (nSPS) is 20.6. The molecule has 0 aromatic carbocycles. The van der Waals surface area contributed by atoms with Gasteiger partial charge in [-0.2, -0.15) is 0 Å². The Bertz CT molecular complexity index is 315. The number of nitrogens with two attached hydrogens (primary N) is 1. The number of hydrogen-bond donors (Lipinski definition) is 2. The van der Waals surface area contributed by atoms with Gasteiger partial charge in [-0.25, -0.2) is 0 Å². The third-order valence-corrected chi connectivity index (χ3v) is 5.44. The van der Waals surface area contributed by atoms with Crippen LogP contribution in [0.15, 0.2) is 17.5 Å². The number of hydrogen-bond acceptors (Lipinski definition) is 3. The molecule has 0 spiro atoms. The molecule has 0 saturated heterocycles. The highest BCUT2D eigenvalue weighted by Gasteiger charge is 2.38. The number of hydrazine groups is 1. The third kappa shape index (κ3) is 2.90. The molecule has 1 saturated carbocycles. The van der Waals surface area contributed by atoms with E-state index in [0.717, 1.165) is 6.42 Å². The van der Waals surface area contributed by atoms with Crippen LogP contribution in [0.25, 0.3) is 0 Å². The molecule has 3 heteroatoms. The van der Waals surface area contributed by atoms with Crippen molar-refractivity contribution in [1.82, 2.24) is 5.43 Å². The smallest absolute Gasteiger partial charge is 0.0270 e. The first kappa shape index (κ1) is 13.1. The molecule has 96 valence electrons. The minimum atomic E-state index is 0.464. The quantitative estimate of drug-likeness (QED) is 0.601. The van der Waals surface area contributed by atoms with Gasteiger partial charge in [-0.3, -0.25) is 11.3 Å². The van der Waals surface area contributed by atoms with Crippen molar-refractivity contribution in [3.8, 4) is 0 Å². The minimum absolute atomic E-state index is 0.464. The van der Waals surface area contributed by atoms with Crippen LogP contribution in [-0.2, 0) is 6.42 Å². The number of rotatable bonds is 6. The number of nitrogens with one attached hydrogen (secondary N) is 1. The van der Waals surface area contributed by atoms with Crippen LogP contribution < -0.4 is 11.3 Å². The van der Waals surface area contributed by atoms with Gasteiger partial charge in [0.15, 0.2) is 0 Å². The zero-order valence-electron chi connectivity index (χ0n) is 10.7. The molecule has 3 N–H and O–H groups in total. The SMILES string of the molecule is CCC1(C(CCc2cccs2)NN)CCCC1. The van der Waals surface area contributed by atoms with Crippen LogP contribution in [0.3, 0.4) is 0 Å². The first-order chi connectivity index (χ1) is 8.30. The van der Waals surface area contributed by atoms with Crippen molar-refractivity contribution in [2.75, 3.05) is 0 Å². The molecule has 2 rings (SSSR count). The standard InChI is InChI=1S/C14H24N2S/c1-2-14(9-3-4-10-14)13(16-15)8-7-12-6-5-11-17-12/h5-6,11,13,16H,2-4,7-10,15H2,1H3. The molecule has 1 heterocycles. The van der Waals surface area contributed by atoms with Crippen LogP contribution in [0, 0.1) is 5.41 Å². The molecule has 1 unspecified atom stereocenters. The Morgan fingerprint density at radius 3 is 2.76 bits per heavy atom. The van der Waals surface area contributed by atoms with Crippen molar-refractivity contribution in [1.29, 1.82) is 0 Å². The number of aryl methyl sites for hydroxylation is 1. The van der Waals surface area contributed by atoms with E-state index in [-0.39, 0.29) is 0 Å². The highest BCUT2D eigenvalue weighted by molar-refractivity contribution is 7.09. The largest absolute Gasteiger partial charge is 0.271 e. The van der Waals surface area contributed by atoms with Gasteiger partial charge in [0.05, 0.1) is 0 Å². The average molecular weight is 252 g/mol. The lowest BCUT2D eigenvalue weighted by Crippen LogP contribution is -2.47. The van der Waals surface area contributed by atoms with Gasteiger partial charge in [-0.05, 0) is 49.0 Å². The fraction of sp³-hybridized carbons (Fsp3) is 0.714. The van der Waals surface area contributed by atoms with Crippen LogP contribution in [0.4, 0.5) is 0 Å². The van der Waals surface area contributed by atoms with Gasteiger partial charge in [-0.15, -0.1) is 11.3 Å². The molecule has 0 aliphatic heterocycles. The van der Waals surface area contributed by atoms with E-state index in [1.165, 1.54) is 43.4 Å². The van der Waals surface area contributed by atoms with E-state index in [9.17, 15) is 0 Å². The van der Waals surface area contributed by atoms with Gasteiger partial charge in [0.25, 0.3) is 0 Å².